The minimum atomic E-state index is -4.52. The Hall–Kier alpha value is -1.43. The molecule has 0 amide bonds. The number of rotatable bonds is 1. The van der Waals surface area contributed by atoms with Crippen molar-refractivity contribution in [3.63, 3.8) is 0 Å². The van der Waals surface area contributed by atoms with Crippen molar-refractivity contribution in [2.24, 2.45) is 5.73 Å². The summed E-state index contributed by atoms with van der Waals surface area (Å²) in [6.45, 7) is 1.65. The van der Waals surface area contributed by atoms with Crippen LogP contribution in [0.4, 0.5) is 13.2 Å². The van der Waals surface area contributed by atoms with Gasteiger partial charge in [-0.1, -0.05) is 6.07 Å². The minimum absolute atomic E-state index is 0.0470. The average molecular weight is 247 g/mol. The summed E-state index contributed by atoms with van der Waals surface area (Å²) < 4.78 is 48.7. The van der Waals surface area contributed by atoms with Crippen LogP contribution in [0.2, 0.25) is 0 Å². The van der Waals surface area contributed by atoms with E-state index in [2.05, 4.69) is 0 Å². The molecule has 1 aliphatic heterocycles. The van der Waals surface area contributed by atoms with Crippen LogP contribution in [0.15, 0.2) is 18.2 Å². The zero-order valence-corrected chi connectivity index (χ0v) is 9.17. The van der Waals surface area contributed by atoms with Crippen LogP contribution in [0.3, 0.4) is 0 Å². The molecule has 1 aromatic carbocycles. The molecule has 0 saturated heterocycles. The molecule has 0 radical (unpaired) electrons. The molecular weight excluding hydrogens is 235 g/mol. The molecule has 1 unspecified atom stereocenters. The average Bonchev–Trinajstić information content (AvgIpc) is 2.27. The zero-order valence-electron chi connectivity index (χ0n) is 9.17. The summed E-state index contributed by atoms with van der Waals surface area (Å²) in [7, 11) is 0. The van der Waals surface area contributed by atoms with E-state index in [1.165, 1.54) is 18.2 Å². The summed E-state index contributed by atoms with van der Waals surface area (Å²) in [5, 5.41) is 0. The molecule has 1 aliphatic rings. The van der Waals surface area contributed by atoms with Gasteiger partial charge in [-0.05, 0) is 24.6 Å². The monoisotopic (exact) mass is 247 g/mol. The van der Waals surface area contributed by atoms with Crippen LogP contribution in [0, 0.1) is 0 Å². The van der Waals surface area contributed by atoms with Crippen molar-refractivity contribution >= 4 is 0 Å². The van der Waals surface area contributed by atoms with E-state index < -0.39 is 11.7 Å². The van der Waals surface area contributed by atoms with E-state index in [0.29, 0.717) is 24.7 Å². The molecule has 2 rings (SSSR count). The second-order valence-electron chi connectivity index (χ2n) is 4.06. The van der Waals surface area contributed by atoms with Crippen LogP contribution in [0.5, 0.6) is 11.5 Å². The number of halogens is 3. The van der Waals surface area contributed by atoms with Gasteiger partial charge in [0.2, 0.25) is 0 Å². The fraction of sp³-hybridized carbons (Fsp3) is 0.455. The highest BCUT2D eigenvalue weighted by Gasteiger charge is 2.49. The van der Waals surface area contributed by atoms with Crippen LogP contribution in [0.25, 0.3) is 0 Å². The molecule has 0 aliphatic carbocycles. The SMILES string of the molecule is CC(N)(c1ccc2c(c1)OCCO2)C(F)(F)F. The first-order chi connectivity index (χ1) is 7.82. The number of ether oxygens (including phenoxy) is 2. The first kappa shape index (κ1) is 12.0. The lowest BCUT2D eigenvalue weighted by molar-refractivity contribution is -0.184. The maximum atomic E-state index is 12.8. The molecule has 6 heteroatoms. The van der Waals surface area contributed by atoms with Gasteiger partial charge in [0.1, 0.15) is 18.8 Å². The molecule has 1 aromatic rings. The Labute approximate surface area is 96.3 Å². The number of hydrogen-bond donors (Lipinski definition) is 1. The van der Waals surface area contributed by atoms with Crippen LogP contribution in [-0.2, 0) is 5.54 Å². The van der Waals surface area contributed by atoms with E-state index in [1.54, 1.807) is 0 Å². The normalized spacial score (nSPS) is 18.6. The lowest BCUT2D eigenvalue weighted by Gasteiger charge is -2.29. The van der Waals surface area contributed by atoms with Crippen molar-refractivity contribution < 1.29 is 22.6 Å². The van der Waals surface area contributed by atoms with E-state index >= 15 is 0 Å². The molecule has 1 atom stereocenters. The minimum Gasteiger partial charge on any atom is -0.486 e. The van der Waals surface area contributed by atoms with Crippen molar-refractivity contribution in [2.45, 2.75) is 18.6 Å². The van der Waals surface area contributed by atoms with Gasteiger partial charge >= 0.3 is 6.18 Å². The molecule has 3 nitrogen and oxygen atoms in total. The summed E-state index contributed by atoms with van der Waals surface area (Å²) in [5.74, 6) is 0.743. The Bertz CT molecular complexity index is 429. The van der Waals surface area contributed by atoms with Crippen LogP contribution >= 0.6 is 0 Å². The van der Waals surface area contributed by atoms with E-state index in [1.807, 2.05) is 0 Å². The molecule has 0 fully saturated rings. The van der Waals surface area contributed by atoms with Crippen LogP contribution in [-0.4, -0.2) is 19.4 Å². The molecule has 1 heterocycles. The first-order valence-electron chi connectivity index (χ1n) is 5.08. The molecule has 0 saturated carbocycles. The first-order valence-corrected chi connectivity index (χ1v) is 5.08. The van der Waals surface area contributed by atoms with Crippen molar-refractivity contribution in [2.75, 3.05) is 13.2 Å². The Balaban J connectivity index is 2.40. The number of nitrogens with two attached hydrogens (primary N) is 1. The summed E-state index contributed by atoms with van der Waals surface area (Å²) >= 11 is 0. The third-order valence-corrected chi connectivity index (χ3v) is 2.73. The smallest absolute Gasteiger partial charge is 0.410 e. The molecule has 17 heavy (non-hydrogen) atoms. The van der Waals surface area contributed by atoms with Gasteiger partial charge in [-0.2, -0.15) is 13.2 Å². The Morgan fingerprint density at radius 3 is 2.29 bits per heavy atom. The predicted molar refractivity (Wildman–Crippen MR) is 55.0 cm³/mol. The van der Waals surface area contributed by atoms with E-state index in [4.69, 9.17) is 15.2 Å². The number of alkyl halides is 3. The zero-order chi connectivity index (χ0) is 12.7. The van der Waals surface area contributed by atoms with Gasteiger partial charge in [-0.15, -0.1) is 0 Å². The second-order valence-corrected chi connectivity index (χ2v) is 4.06. The van der Waals surface area contributed by atoms with E-state index in [9.17, 15) is 13.2 Å². The highest BCUT2D eigenvalue weighted by Crippen LogP contribution is 2.40. The molecule has 0 spiro atoms. The highest BCUT2D eigenvalue weighted by molar-refractivity contribution is 5.46. The summed E-state index contributed by atoms with van der Waals surface area (Å²) in [6.07, 6.45) is -4.52. The largest absolute Gasteiger partial charge is 0.486 e. The predicted octanol–water partition coefficient (Wildman–Crippen LogP) is 2.19. The highest BCUT2D eigenvalue weighted by atomic mass is 19.4. The summed E-state index contributed by atoms with van der Waals surface area (Å²) in [6, 6.07) is 4.03. The molecule has 0 aromatic heterocycles. The standard InChI is InChI=1S/C11H12F3NO2/c1-10(15,11(12,13)14)7-2-3-8-9(6-7)17-5-4-16-8/h2-3,6H,4-5,15H2,1H3. The van der Waals surface area contributed by atoms with Crippen LogP contribution in [0.1, 0.15) is 12.5 Å². The fourth-order valence-electron chi connectivity index (χ4n) is 1.53. The van der Waals surface area contributed by atoms with Gasteiger partial charge in [0.05, 0.1) is 0 Å². The van der Waals surface area contributed by atoms with Gasteiger partial charge in [0.25, 0.3) is 0 Å². The Morgan fingerprint density at radius 2 is 1.71 bits per heavy atom. The molecular formula is C11H12F3NO2. The van der Waals surface area contributed by atoms with E-state index in [-0.39, 0.29) is 5.56 Å². The van der Waals surface area contributed by atoms with E-state index in [0.717, 1.165) is 6.92 Å². The second kappa shape index (κ2) is 3.80. The fourth-order valence-corrected chi connectivity index (χ4v) is 1.53. The lowest BCUT2D eigenvalue weighted by atomic mass is 9.92. The summed E-state index contributed by atoms with van der Waals surface area (Å²) in [5.41, 5.74) is 2.88. The Kier molecular flexibility index (Phi) is 2.69. The van der Waals surface area contributed by atoms with Gasteiger partial charge in [-0.3, -0.25) is 0 Å². The van der Waals surface area contributed by atoms with Gasteiger partial charge in [-0.25, -0.2) is 0 Å². The Morgan fingerprint density at radius 1 is 1.12 bits per heavy atom. The van der Waals surface area contributed by atoms with Gasteiger partial charge in [0, 0.05) is 0 Å². The topological polar surface area (TPSA) is 44.5 Å². The lowest BCUT2D eigenvalue weighted by Crippen LogP contribution is -2.47. The molecule has 0 bridgehead atoms. The molecule has 94 valence electrons. The number of benzene rings is 1. The third kappa shape index (κ3) is 2.04. The summed E-state index contributed by atoms with van der Waals surface area (Å²) in [4.78, 5) is 0. The van der Waals surface area contributed by atoms with Gasteiger partial charge in [0.15, 0.2) is 11.5 Å². The molecule has 2 N–H and O–H groups in total. The maximum Gasteiger partial charge on any atom is 0.410 e. The van der Waals surface area contributed by atoms with Crippen LogP contribution < -0.4 is 15.2 Å². The quantitative estimate of drug-likeness (QED) is 0.827. The maximum absolute atomic E-state index is 12.8. The number of hydrogen-bond acceptors (Lipinski definition) is 3. The van der Waals surface area contributed by atoms with Crippen molar-refractivity contribution in [1.29, 1.82) is 0 Å². The van der Waals surface area contributed by atoms with Crippen molar-refractivity contribution in [1.82, 2.24) is 0 Å². The third-order valence-electron chi connectivity index (χ3n) is 2.73. The van der Waals surface area contributed by atoms with Crippen molar-refractivity contribution in [3.05, 3.63) is 23.8 Å². The van der Waals surface area contributed by atoms with Crippen molar-refractivity contribution in [3.8, 4) is 11.5 Å². The van der Waals surface area contributed by atoms with Gasteiger partial charge < -0.3 is 15.2 Å². The number of fused-ring (bicyclic) bond motifs is 1.